The van der Waals surface area contributed by atoms with E-state index in [0.29, 0.717) is 5.54 Å². The molecule has 0 saturated heterocycles. The molecule has 4 bridgehead atoms. The zero-order chi connectivity index (χ0) is 15.9. The van der Waals surface area contributed by atoms with E-state index >= 15 is 0 Å². The van der Waals surface area contributed by atoms with Gasteiger partial charge in [-0.05, 0) is 74.0 Å². The number of hydrogen-bond donors (Lipinski definition) is 2. The molecular weight excluding hydrogens is 288 g/mol. The predicted octanol–water partition coefficient (Wildman–Crippen LogP) is 3.27. The molecule has 4 saturated carbocycles. The second-order valence-corrected chi connectivity index (χ2v) is 7.87. The molecule has 4 aliphatic carbocycles. The van der Waals surface area contributed by atoms with Crippen molar-refractivity contribution in [2.24, 2.45) is 17.8 Å². The van der Waals surface area contributed by atoms with Crippen molar-refractivity contribution >= 4 is 0 Å². The summed E-state index contributed by atoms with van der Waals surface area (Å²) < 4.78 is 10.7. The first-order chi connectivity index (χ1) is 11.2. The Morgan fingerprint density at radius 3 is 2.13 bits per heavy atom. The van der Waals surface area contributed by atoms with Gasteiger partial charge in [0.1, 0.15) is 0 Å². The van der Waals surface area contributed by atoms with Crippen molar-refractivity contribution in [3.63, 3.8) is 0 Å². The minimum Gasteiger partial charge on any atom is -0.493 e. The fraction of sp³-hybridized carbons (Fsp3) is 0.684. The van der Waals surface area contributed by atoms with Crippen molar-refractivity contribution < 1.29 is 9.47 Å². The molecule has 0 spiro atoms. The van der Waals surface area contributed by atoms with Crippen LogP contribution in [0.15, 0.2) is 18.2 Å². The number of ether oxygens (including phenoxy) is 2. The van der Waals surface area contributed by atoms with E-state index in [0.717, 1.165) is 35.8 Å². The first kappa shape index (κ1) is 15.3. The maximum Gasteiger partial charge on any atom is 0.161 e. The molecule has 23 heavy (non-hydrogen) atoms. The van der Waals surface area contributed by atoms with Gasteiger partial charge in [0.05, 0.1) is 14.2 Å². The van der Waals surface area contributed by atoms with E-state index in [2.05, 4.69) is 16.9 Å². The fourth-order valence-electron chi connectivity index (χ4n) is 5.59. The Morgan fingerprint density at radius 2 is 1.57 bits per heavy atom. The van der Waals surface area contributed by atoms with Gasteiger partial charge in [0.15, 0.2) is 11.5 Å². The number of rotatable bonds is 6. The summed E-state index contributed by atoms with van der Waals surface area (Å²) in [5.41, 5.74) is 8.78. The highest BCUT2D eigenvalue weighted by atomic mass is 16.5. The standard InChI is InChI=1S/C19H28N2O2/c1-22-17-4-3-13(8-18(17)23-2)12-20-21-19-9-14-5-15(10-19)7-16(6-14)11-19/h3-4,8,14-16,20-21H,5-7,9-12H2,1-2H3. The Bertz CT molecular complexity index is 537. The minimum atomic E-state index is 0.352. The van der Waals surface area contributed by atoms with E-state index in [1.54, 1.807) is 14.2 Å². The molecule has 0 aliphatic heterocycles. The van der Waals surface area contributed by atoms with Crippen molar-refractivity contribution in [3.05, 3.63) is 23.8 Å². The van der Waals surface area contributed by atoms with Crippen LogP contribution in [0.5, 0.6) is 11.5 Å². The van der Waals surface area contributed by atoms with Gasteiger partial charge < -0.3 is 9.47 Å². The summed E-state index contributed by atoms with van der Waals surface area (Å²) in [6.07, 6.45) is 8.53. The van der Waals surface area contributed by atoms with Gasteiger partial charge in [-0.25, -0.2) is 0 Å². The Morgan fingerprint density at radius 1 is 0.957 bits per heavy atom. The summed E-state index contributed by atoms with van der Waals surface area (Å²) in [4.78, 5) is 0. The average Bonchev–Trinajstić information content (AvgIpc) is 2.53. The molecule has 4 fully saturated rings. The van der Waals surface area contributed by atoms with Gasteiger partial charge in [0.25, 0.3) is 0 Å². The number of hydrogen-bond acceptors (Lipinski definition) is 4. The van der Waals surface area contributed by atoms with Gasteiger partial charge in [-0.3, -0.25) is 10.9 Å². The highest BCUT2D eigenvalue weighted by molar-refractivity contribution is 5.42. The molecule has 0 radical (unpaired) electrons. The average molecular weight is 316 g/mol. The Kier molecular flexibility index (Phi) is 3.98. The van der Waals surface area contributed by atoms with Crippen LogP contribution in [0.4, 0.5) is 0 Å². The summed E-state index contributed by atoms with van der Waals surface area (Å²) in [5, 5.41) is 0. The normalized spacial score (nSPS) is 34.6. The largest absolute Gasteiger partial charge is 0.493 e. The van der Waals surface area contributed by atoms with Crippen LogP contribution >= 0.6 is 0 Å². The summed E-state index contributed by atoms with van der Waals surface area (Å²) in [5.74, 6) is 4.48. The number of benzene rings is 1. The summed E-state index contributed by atoms with van der Waals surface area (Å²) in [6.45, 7) is 0.808. The Hall–Kier alpha value is -1.26. The maximum atomic E-state index is 5.38. The molecule has 0 atom stereocenters. The zero-order valence-corrected chi connectivity index (χ0v) is 14.2. The molecule has 4 heteroatoms. The highest BCUT2D eigenvalue weighted by Gasteiger charge is 2.50. The quantitative estimate of drug-likeness (QED) is 0.791. The van der Waals surface area contributed by atoms with E-state index in [1.165, 1.54) is 44.1 Å². The van der Waals surface area contributed by atoms with Crippen molar-refractivity contribution in [2.75, 3.05) is 14.2 Å². The molecule has 4 nitrogen and oxygen atoms in total. The lowest BCUT2D eigenvalue weighted by Gasteiger charge is -2.57. The molecular formula is C19H28N2O2. The third-order valence-corrected chi connectivity index (χ3v) is 6.13. The molecule has 5 rings (SSSR count). The van der Waals surface area contributed by atoms with Crippen LogP contribution in [0.2, 0.25) is 0 Å². The van der Waals surface area contributed by atoms with Crippen molar-refractivity contribution in [2.45, 2.75) is 50.6 Å². The van der Waals surface area contributed by atoms with E-state index in [4.69, 9.17) is 9.47 Å². The molecule has 126 valence electrons. The van der Waals surface area contributed by atoms with Crippen LogP contribution < -0.4 is 20.3 Å². The number of nitrogens with one attached hydrogen (secondary N) is 2. The van der Waals surface area contributed by atoms with Crippen molar-refractivity contribution in [3.8, 4) is 11.5 Å². The van der Waals surface area contributed by atoms with Gasteiger partial charge in [-0.2, -0.15) is 0 Å². The highest BCUT2D eigenvalue weighted by Crippen LogP contribution is 2.55. The van der Waals surface area contributed by atoms with Crippen molar-refractivity contribution in [1.29, 1.82) is 0 Å². The van der Waals surface area contributed by atoms with Crippen molar-refractivity contribution in [1.82, 2.24) is 10.9 Å². The molecule has 1 aromatic rings. The Balaban J connectivity index is 1.37. The van der Waals surface area contributed by atoms with Crippen LogP contribution in [0.1, 0.15) is 44.1 Å². The van der Waals surface area contributed by atoms with Crippen LogP contribution in [-0.4, -0.2) is 19.8 Å². The van der Waals surface area contributed by atoms with E-state index in [-0.39, 0.29) is 0 Å². The molecule has 1 aromatic carbocycles. The molecule has 0 heterocycles. The first-order valence-electron chi connectivity index (χ1n) is 8.90. The van der Waals surface area contributed by atoms with Gasteiger partial charge in [0.2, 0.25) is 0 Å². The molecule has 0 unspecified atom stereocenters. The first-order valence-corrected chi connectivity index (χ1v) is 8.90. The maximum absolute atomic E-state index is 5.38. The van der Waals surface area contributed by atoms with E-state index in [9.17, 15) is 0 Å². The second-order valence-electron chi connectivity index (χ2n) is 7.87. The van der Waals surface area contributed by atoms with Gasteiger partial charge >= 0.3 is 0 Å². The molecule has 0 amide bonds. The van der Waals surface area contributed by atoms with Crippen LogP contribution in [0.25, 0.3) is 0 Å². The van der Waals surface area contributed by atoms with Crippen LogP contribution in [0, 0.1) is 17.8 Å². The monoisotopic (exact) mass is 316 g/mol. The predicted molar refractivity (Wildman–Crippen MR) is 90.4 cm³/mol. The number of methoxy groups -OCH3 is 2. The third kappa shape index (κ3) is 2.94. The minimum absolute atomic E-state index is 0.352. The second kappa shape index (κ2) is 5.99. The van der Waals surface area contributed by atoms with Gasteiger partial charge in [-0.15, -0.1) is 0 Å². The smallest absolute Gasteiger partial charge is 0.161 e. The fourth-order valence-corrected chi connectivity index (χ4v) is 5.59. The lowest BCUT2D eigenvalue weighted by atomic mass is 9.53. The molecule has 0 aromatic heterocycles. The summed E-state index contributed by atoms with van der Waals surface area (Å²) in [7, 11) is 3.35. The number of hydrazine groups is 1. The van der Waals surface area contributed by atoms with Crippen LogP contribution in [-0.2, 0) is 6.54 Å². The SMILES string of the molecule is COc1ccc(CNNC23CC4CC(CC(C4)C2)C3)cc1OC. The lowest BCUT2D eigenvalue weighted by Crippen LogP contribution is -2.61. The summed E-state index contributed by atoms with van der Waals surface area (Å²) >= 11 is 0. The molecule has 2 N–H and O–H groups in total. The lowest BCUT2D eigenvalue weighted by molar-refractivity contribution is -0.0271. The third-order valence-electron chi connectivity index (χ3n) is 6.13. The summed E-state index contributed by atoms with van der Waals surface area (Å²) in [6, 6.07) is 6.11. The van der Waals surface area contributed by atoms with E-state index < -0.39 is 0 Å². The zero-order valence-electron chi connectivity index (χ0n) is 14.2. The van der Waals surface area contributed by atoms with Gasteiger partial charge in [0, 0.05) is 12.1 Å². The Labute approximate surface area is 138 Å². The van der Waals surface area contributed by atoms with Crippen LogP contribution in [0.3, 0.4) is 0 Å². The molecule has 4 aliphatic rings. The van der Waals surface area contributed by atoms with Gasteiger partial charge in [-0.1, -0.05) is 6.07 Å². The van der Waals surface area contributed by atoms with E-state index in [1.807, 2.05) is 12.1 Å². The topological polar surface area (TPSA) is 42.5 Å².